The van der Waals surface area contributed by atoms with Crippen LogP contribution in [0.15, 0.2) is 53.2 Å². The van der Waals surface area contributed by atoms with Gasteiger partial charge < -0.3 is 19.1 Å². The van der Waals surface area contributed by atoms with Crippen LogP contribution in [-0.2, 0) is 9.53 Å². The molecule has 0 radical (unpaired) electrons. The van der Waals surface area contributed by atoms with Gasteiger partial charge in [-0.1, -0.05) is 12.1 Å². The van der Waals surface area contributed by atoms with Crippen LogP contribution in [0.1, 0.15) is 11.1 Å². The number of anilines is 1. The van der Waals surface area contributed by atoms with E-state index in [1.165, 1.54) is 0 Å². The van der Waals surface area contributed by atoms with Crippen molar-refractivity contribution in [1.29, 1.82) is 0 Å². The molecule has 0 spiro atoms. The number of hydrogen-bond acceptors (Lipinski definition) is 6. The van der Waals surface area contributed by atoms with Crippen molar-refractivity contribution in [3.63, 3.8) is 0 Å². The Morgan fingerprint density at radius 3 is 2.31 bits per heavy atom. The number of ether oxygens (including phenoxy) is 3. The zero-order chi connectivity index (χ0) is 18.7. The first-order valence-corrected chi connectivity index (χ1v) is 8.04. The predicted octanol–water partition coefficient (Wildman–Crippen LogP) is 3.11. The number of nitrogens with zero attached hydrogens (tertiary/aromatic N) is 2. The number of carbonyl (C=O) groups is 1. The van der Waals surface area contributed by atoms with Gasteiger partial charge in [0.05, 0.1) is 14.2 Å². The van der Waals surface area contributed by atoms with Crippen LogP contribution in [0.3, 0.4) is 0 Å². The standard InChI is InChI=1S/C20H20N2O4/c1-22(2)15-8-5-13(6-9-15)11-16-20(23)26-19(21-16)14-7-10-17(24-3)18(12-14)25-4/h5-12H,1-4H3. The summed E-state index contributed by atoms with van der Waals surface area (Å²) in [6, 6.07) is 13.0. The normalized spacial score (nSPS) is 14.8. The monoisotopic (exact) mass is 352 g/mol. The number of benzene rings is 2. The van der Waals surface area contributed by atoms with Gasteiger partial charge in [-0.3, -0.25) is 0 Å². The molecule has 0 aromatic heterocycles. The summed E-state index contributed by atoms with van der Waals surface area (Å²) in [7, 11) is 7.06. The average Bonchev–Trinajstić information content (AvgIpc) is 3.02. The maximum Gasteiger partial charge on any atom is 0.363 e. The van der Waals surface area contributed by atoms with Crippen LogP contribution in [0.25, 0.3) is 6.08 Å². The number of aliphatic imine (C=N–C) groups is 1. The highest BCUT2D eigenvalue weighted by molar-refractivity contribution is 6.13. The van der Waals surface area contributed by atoms with E-state index in [9.17, 15) is 4.79 Å². The highest BCUT2D eigenvalue weighted by atomic mass is 16.6. The first kappa shape index (κ1) is 17.5. The summed E-state index contributed by atoms with van der Waals surface area (Å²) in [4.78, 5) is 18.5. The van der Waals surface area contributed by atoms with Crippen LogP contribution >= 0.6 is 0 Å². The van der Waals surface area contributed by atoms with Crippen molar-refractivity contribution in [2.24, 2.45) is 4.99 Å². The van der Waals surface area contributed by atoms with Crippen molar-refractivity contribution in [3.8, 4) is 11.5 Å². The highest BCUT2D eigenvalue weighted by Gasteiger charge is 2.25. The van der Waals surface area contributed by atoms with Crippen molar-refractivity contribution in [1.82, 2.24) is 0 Å². The van der Waals surface area contributed by atoms with E-state index in [1.807, 2.05) is 43.3 Å². The fourth-order valence-corrected chi connectivity index (χ4v) is 2.53. The fourth-order valence-electron chi connectivity index (χ4n) is 2.53. The van der Waals surface area contributed by atoms with E-state index >= 15 is 0 Å². The van der Waals surface area contributed by atoms with Gasteiger partial charge in [0.2, 0.25) is 5.90 Å². The van der Waals surface area contributed by atoms with Crippen molar-refractivity contribution in [2.75, 3.05) is 33.2 Å². The minimum absolute atomic E-state index is 0.243. The third-order valence-corrected chi connectivity index (χ3v) is 3.96. The van der Waals surface area contributed by atoms with E-state index in [0.717, 1.165) is 11.3 Å². The molecule has 26 heavy (non-hydrogen) atoms. The Morgan fingerprint density at radius 1 is 1.00 bits per heavy atom. The Labute approximate surface area is 152 Å². The summed E-state index contributed by atoms with van der Waals surface area (Å²) in [5.74, 6) is 0.900. The lowest BCUT2D eigenvalue weighted by atomic mass is 10.1. The SMILES string of the molecule is COc1ccc(C2=NC(=Cc3ccc(N(C)C)cc3)C(=O)O2)cc1OC. The maximum atomic E-state index is 12.1. The van der Waals surface area contributed by atoms with Gasteiger partial charge in [-0.05, 0) is 42.0 Å². The molecule has 0 unspecified atom stereocenters. The minimum atomic E-state index is -0.480. The summed E-state index contributed by atoms with van der Waals surface area (Å²) < 4.78 is 15.8. The van der Waals surface area contributed by atoms with Gasteiger partial charge in [0.25, 0.3) is 0 Å². The molecule has 1 aliphatic rings. The van der Waals surface area contributed by atoms with E-state index in [-0.39, 0.29) is 11.6 Å². The molecule has 0 atom stereocenters. The lowest BCUT2D eigenvalue weighted by Gasteiger charge is -2.11. The van der Waals surface area contributed by atoms with Gasteiger partial charge >= 0.3 is 5.97 Å². The quantitative estimate of drug-likeness (QED) is 0.611. The van der Waals surface area contributed by atoms with E-state index in [0.29, 0.717) is 17.1 Å². The van der Waals surface area contributed by atoms with Gasteiger partial charge in [-0.25, -0.2) is 9.79 Å². The molecule has 0 N–H and O–H groups in total. The molecule has 3 rings (SSSR count). The topological polar surface area (TPSA) is 60.4 Å². The third-order valence-electron chi connectivity index (χ3n) is 3.96. The van der Waals surface area contributed by atoms with Crippen LogP contribution in [0.2, 0.25) is 0 Å². The fraction of sp³-hybridized carbons (Fsp3) is 0.200. The Hall–Kier alpha value is -3.28. The number of carbonyl (C=O) groups excluding carboxylic acids is 1. The molecule has 0 amide bonds. The van der Waals surface area contributed by atoms with Crippen LogP contribution < -0.4 is 14.4 Å². The summed E-state index contributed by atoms with van der Waals surface area (Å²) in [5, 5.41) is 0. The number of rotatable bonds is 5. The molecule has 1 heterocycles. The minimum Gasteiger partial charge on any atom is -0.493 e. The number of esters is 1. The largest absolute Gasteiger partial charge is 0.493 e. The second-order valence-corrected chi connectivity index (χ2v) is 5.89. The van der Waals surface area contributed by atoms with Crippen molar-refractivity contribution in [2.45, 2.75) is 0 Å². The summed E-state index contributed by atoms with van der Waals surface area (Å²) in [5.41, 5.74) is 2.85. The molecule has 2 aromatic carbocycles. The second kappa shape index (κ2) is 7.31. The van der Waals surface area contributed by atoms with Gasteiger partial charge in [0.15, 0.2) is 17.2 Å². The lowest BCUT2D eigenvalue weighted by molar-refractivity contribution is -0.129. The molecular weight excluding hydrogens is 332 g/mol. The van der Waals surface area contributed by atoms with Gasteiger partial charge in [-0.15, -0.1) is 0 Å². The second-order valence-electron chi connectivity index (χ2n) is 5.89. The van der Waals surface area contributed by atoms with Crippen LogP contribution in [-0.4, -0.2) is 40.2 Å². The van der Waals surface area contributed by atoms with Crippen molar-refractivity contribution >= 4 is 23.6 Å². The number of cyclic esters (lactones) is 1. The summed E-state index contributed by atoms with van der Waals surface area (Å²) >= 11 is 0. The maximum absolute atomic E-state index is 12.1. The highest BCUT2D eigenvalue weighted by Crippen LogP contribution is 2.29. The average molecular weight is 352 g/mol. The van der Waals surface area contributed by atoms with Gasteiger partial charge in [0.1, 0.15) is 0 Å². The third kappa shape index (κ3) is 3.54. The zero-order valence-electron chi connectivity index (χ0n) is 15.1. The Balaban J connectivity index is 1.89. The van der Waals surface area contributed by atoms with Gasteiger partial charge in [-0.2, -0.15) is 0 Å². The van der Waals surface area contributed by atoms with Crippen LogP contribution in [0.4, 0.5) is 5.69 Å². The Bertz CT molecular complexity index is 883. The molecule has 0 bridgehead atoms. The molecule has 1 aliphatic heterocycles. The lowest BCUT2D eigenvalue weighted by Crippen LogP contribution is -2.08. The summed E-state index contributed by atoms with van der Waals surface area (Å²) in [6.45, 7) is 0. The molecular formula is C20H20N2O4. The smallest absolute Gasteiger partial charge is 0.363 e. The Morgan fingerprint density at radius 2 is 1.69 bits per heavy atom. The van der Waals surface area contributed by atoms with E-state index < -0.39 is 5.97 Å². The Kier molecular flexibility index (Phi) is 4.93. The number of hydrogen-bond donors (Lipinski definition) is 0. The molecule has 6 heteroatoms. The van der Waals surface area contributed by atoms with E-state index in [1.54, 1.807) is 38.5 Å². The molecule has 134 valence electrons. The molecule has 0 saturated carbocycles. The van der Waals surface area contributed by atoms with Crippen molar-refractivity contribution in [3.05, 3.63) is 59.3 Å². The van der Waals surface area contributed by atoms with Gasteiger partial charge in [0, 0.05) is 25.3 Å². The van der Waals surface area contributed by atoms with E-state index in [2.05, 4.69) is 4.99 Å². The van der Waals surface area contributed by atoms with Crippen LogP contribution in [0, 0.1) is 0 Å². The first-order valence-electron chi connectivity index (χ1n) is 8.04. The van der Waals surface area contributed by atoms with Crippen molar-refractivity contribution < 1.29 is 19.0 Å². The van der Waals surface area contributed by atoms with E-state index in [4.69, 9.17) is 14.2 Å². The molecule has 6 nitrogen and oxygen atoms in total. The zero-order valence-corrected chi connectivity index (χ0v) is 15.1. The number of methoxy groups -OCH3 is 2. The molecule has 0 fully saturated rings. The molecule has 2 aromatic rings. The molecule has 0 aliphatic carbocycles. The molecule has 0 saturated heterocycles. The summed E-state index contributed by atoms with van der Waals surface area (Å²) in [6.07, 6.45) is 1.70. The first-order chi connectivity index (χ1) is 12.5. The predicted molar refractivity (Wildman–Crippen MR) is 101 cm³/mol. The van der Waals surface area contributed by atoms with Crippen LogP contribution in [0.5, 0.6) is 11.5 Å².